The number of carbonyl (C=O) groups excluding carboxylic acids is 1. The van der Waals surface area contributed by atoms with Crippen LogP contribution < -0.4 is 0 Å². The van der Waals surface area contributed by atoms with Crippen LogP contribution in [0.4, 0.5) is 0 Å². The summed E-state index contributed by atoms with van der Waals surface area (Å²) in [4.78, 5) is 11.9. The van der Waals surface area contributed by atoms with E-state index in [0.717, 1.165) is 5.56 Å². The van der Waals surface area contributed by atoms with Gasteiger partial charge in [-0.25, -0.2) is 4.79 Å². The van der Waals surface area contributed by atoms with E-state index in [4.69, 9.17) is 26.0 Å². The maximum Gasteiger partial charge on any atom is 0.349 e. The van der Waals surface area contributed by atoms with Crippen molar-refractivity contribution in [1.82, 2.24) is 0 Å². The molecule has 1 unspecified atom stereocenters. The molecule has 1 aromatic carbocycles. The molecule has 2 rings (SSSR count). The van der Waals surface area contributed by atoms with Crippen molar-refractivity contribution >= 4 is 23.6 Å². The Morgan fingerprint density at radius 3 is 2.78 bits per heavy atom. The van der Waals surface area contributed by atoms with Crippen LogP contribution in [0.5, 0.6) is 0 Å². The molecular weight excluding hydrogens is 314 g/mol. The molecule has 0 saturated heterocycles. The zero-order valence-electron chi connectivity index (χ0n) is 12.9. The monoisotopic (exact) mass is 329 g/mol. The molecule has 0 radical (unpaired) electrons. The van der Waals surface area contributed by atoms with Crippen LogP contribution in [0.3, 0.4) is 0 Å². The topological polar surface area (TPSA) is 63.2 Å². The fourth-order valence-corrected chi connectivity index (χ4v) is 2.07. The molecule has 1 heterocycles. The Morgan fingerprint density at radius 2 is 2.13 bits per heavy atom. The van der Waals surface area contributed by atoms with E-state index in [-0.39, 0.29) is 11.7 Å². The fourth-order valence-electron chi connectivity index (χ4n) is 1.84. The summed E-state index contributed by atoms with van der Waals surface area (Å²) in [6, 6.07) is 12.5. The predicted octanol–water partition coefficient (Wildman–Crippen LogP) is 4.85. The SMILES string of the molecule is CCC(C)OC(=O)/C(C#N)=C\c1ccc(-c2ccccc2Cl)o1. The number of hydrogen-bond donors (Lipinski definition) is 0. The molecule has 1 atom stereocenters. The third-order valence-corrected chi connectivity index (χ3v) is 3.61. The van der Waals surface area contributed by atoms with E-state index in [1.807, 2.05) is 31.2 Å². The van der Waals surface area contributed by atoms with Crippen LogP contribution in [0.15, 0.2) is 46.4 Å². The number of nitriles is 1. The molecule has 1 aromatic heterocycles. The van der Waals surface area contributed by atoms with Crippen molar-refractivity contribution in [2.75, 3.05) is 0 Å². The van der Waals surface area contributed by atoms with Crippen LogP contribution in [0, 0.1) is 11.3 Å². The Kier molecular flexibility index (Phi) is 5.61. The van der Waals surface area contributed by atoms with Crippen LogP contribution in [0.25, 0.3) is 17.4 Å². The van der Waals surface area contributed by atoms with Crippen LogP contribution >= 0.6 is 11.6 Å². The van der Waals surface area contributed by atoms with Gasteiger partial charge in [0.05, 0.1) is 11.1 Å². The van der Waals surface area contributed by atoms with Crippen LogP contribution in [0.2, 0.25) is 5.02 Å². The second-order valence-electron chi connectivity index (χ2n) is 4.98. The minimum atomic E-state index is -0.655. The lowest BCUT2D eigenvalue weighted by molar-refractivity contribution is -0.142. The number of furan rings is 1. The lowest BCUT2D eigenvalue weighted by Gasteiger charge is -2.09. The third kappa shape index (κ3) is 4.24. The first-order valence-electron chi connectivity index (χ1n) is 7.22. The standard InChI is InChI=1S/C18H16ClNO3/c1-3-12(2)22-18(21)13(11-20)10-14-8-9-17(23-14)15-6-4-5-7-16(15)19/h4-10,12H,3H2,1-2H3/b13-10-. The summed E-state index contributed by atoms with van der Waals surface area (Å²) in [5.41, 5.74) is 0.639. The van der Waals surface area contributed by atoms with Gasteiger partial charge >= 0.3 is 5.97 Å². The van der Waals surface area contributed by atoms with Crippen LogP contribution in [-0.4, -0.2) is 12.1 Å². The molecule has 0 spiro atoms. The first kappa shape index (κ1) is 16.9. The van der Waals surface area contributed by atoms with E-state index in [0.29, 0.717) is 23.0 Å². The van der Waals surface area contributed by atoms with Gasteiger partial charge in [0, 0.05) is 11.6 Å². The molecule has 0 aliphatic carbocycles. The van der Waals surface area contributed by atoms with Gasteiger partial charge in [-0.05, 0) is 37.6 Å². The number of carbonyl (C=O) groups is 1. The lowest BCUT2D eigenvalue weighted by atomic mass is 10.2. The second kappa shape index (κ2) is 7.66. The first-order valence-corrected chi connectivity index (χ1v) is 7.60. The first-order chi connectivity index (χ1) is 11.0. The summed E-state index contributed by atoms with van der Waals surface area (Å²) < 4.78 is 10.8. The Morgan fingerprint density at radius 1 is 1.39 bits per heavy atom. The minimum Gasteiger partial charge on any atom is -0.459 e. The Bertz CT molecular complexity index is 771. The molecule has 118 valence electrons. The van der Waals surface area contributed by atoms with Gasteiger partial charge in [0.2, 0.25) is 0 Å². The van der Waals surface area contributed by atoms with Gasteiger partial charge in [0.1, 0.15) is 23.2 Å². The molecule has 5 heteroatoms. The summed E-state index contributed by atoms with van der Waals surface area (Å²) in [6.07, 6.45) is 1.81. The van der Waals surface area contributed by atoms with Gasteiger partial charge in [-0.15, -0.1) is 0 Å². The smallest absolute Gasteiger partial charge is 0.349 e. The maximum atomic E-state index is 11.9. The summed E-state index contributed by atoms with van der Waals surface area (Å²) in [7, 11) is 0. The third-order valence-electron chi connectivity index (χ3n) is 3.28. The summed E-state index contributed by atoms with van der Waals surface area (Å²) in [6.45, 7) is 3.67. The van der Waals surface area contributed by atoms with Crippen LogP contribution in [0.1, 0.15) is 26.0 Å². The molecule has 0 saturated carbocycles. The summed E-state index contributed by atoms with van der Waals surface area (Å²) >= 11 is 6.12. The van der Waals surface area contributed by atoms with Crippen molar-refractivity contribution in [1.29, 1.82) is 5.26 Å². The molecule has 0 fully saturated rings. The zero-order valence-corrected chi connectivity index (χ0v) is 13.6. The molecule has 0 amide bonds. The van der Waals surface area contributed by atoms with Gasteiger partial charge in [-0.2, -0.15) is 5.26 Å². The molecule has 2 aromatic rings. The number of halogens is 1. The number of ether oxygens (including phenoxy) is 1. The molecular formula is C18H16ClNO3. The lowest BCUT2D eigenvalue weighted by Crippen LogP contribution is -2.15. The van der Waals surface area contributed by atoms with E-state index in [1.165, 1.54) is 6.08 Å². The fraction of sp³-hybridized carbons (Fsp3) is 0.222. The number of benzene rings is 1. The highest BCUT2D eigenvalue weighted by Crippen LogP contribution is 2.29. The average Bonchev–Trinajstić information content (AvgIpc) is 3.01. The number of nitrogens with zero attached hydrogens (tertiary/aromatic N) is 1. The van der Waals surface area contributed by atoms with Crippen molar-refractivity contribution in [2.24, 2.45) is 0 Å². The average molecular weight is 330 g/mol. The van der Waals surface area contributed by atoms with Crippen LogP contribution in [-0.2, 0) is 9.53 Å². The molecule has 4 nitrogen and oxygen atoms in total. The molecule has 0 bridgehead atoms. The van der Waals surface area contributed by atoms with Gasteiger partial charge < -0.3 is 9.15 Å². The summed E-state index contributed by atoms with van der Waals surface area (Å²) in [5.74, 6) is 0.296. The number of esters is 1. The van der Waals surface area contributed by atoms with E-state index in [1.54, 1.807) is 25.1 Å². The van der Waals surface area contributed by atoms with Crippen molar-refractivity contribution in [3.8, 4) is 17.4 Å². The van der Waals surface area contributed by atoms with Crippen molar-refractivity contribution in [3.05, 3.63) is 52.8 Å². The van der Waals surface area contributed by atoms with Crippen molar-refractivity contribution < 1.29 is 13.9 Å². The predicted molar refractivity (Wildman–Crippen MR) is 88.6 cm³/mol. The molecule has 23 heavy (non-hydrogen) atoms. The van der Waals surface area contributed by atoms with Gasteiger partial charge in [0.25, 0.3) is 0 Å². The maximum absolute atomic E-state index is 11.9. The largest absolute Gasteiger partial charge is 0.459 e. The van der Waals surface area contributed by atoms with E-state index < -0.39 is 5.97 Å². The highest BCUT2D eigenvalue weighted by Gasteiger charge is 2.15. The van der Waals surface area contributed by atoms with Gasteiger partial charge in [-0.3, -0.25) is 0 Å². The van der Waals surface area contributed by atoms with Gasteiger partial charge in [-0.1, -0.05) is 30.7 Å². The number of hydrogen-bond acceptors (Lipinski definition) is 4. The van der Waals surface area contributed by atoms with Gasteiger partial charge in [0.15, 0.2) is 0 Å². The zero-order chi connectivity index (χ0) is 16.8. The highest BCUT2D eigenvalue weighted by atomic mass is 35.5. The summed E-state index contributed by atoms with van der Waals surface area (Å²) in [5, 5.41) is 9.69. The Hall–Kier alpha value is -2.51. The van der Waals surface area contributed by atoms with E-state index in [2.05, 4.69) is 0 Å². The van der Waals surface area contributed by atoms with Crippen molar-refractivity contribution in [3.63, 3.8) is 0 Å². The normalized spacial score (nSPS) is 12.5. The van der Waals surface area contributed by atoms with E-state index in [9.17, 15) is 4.79 Å². The minimum absolute atomic E-state index is 0.106. The second-order valence-corrected chi connectivity index (χ2v) is 5.38. The molecule has 0 aliphatic heterocycles. The Balaban J connectivity index is 2.24. The van der Waals surface area contributed by atoms with E-state index >= 15 is 0 Å². The Labute approximate surface area is 139 Å². The quantitative estimate of drug-likeness (QED) is 0.447. The van der Waals surface area contributed by atoms with Crippen molar-refractivity contribution in [2.45, 2.75) is 26.4 Å². The molecule has 0 N–H and O–H groups in total. The highest BCUT2D eigenvalue weighted by molar-refractivity contribution is 6.33. The molecule has 0 aliphatic rings. The number of rotatable bonds is 5.